The fourth-order valence-corrected chi connectivity index (χ4v) is 4.65. The van der Waals surface area contributed by atoms with Gasteiger partial charge in [0.2, 0.25) is 11.8 Å². The van der Waals surface area contributed by atoms with E-state index in [1.165, 1.54) is 17.7 Å². The van der Waals surface area contributed by atoms with Gasteiger partial charge in [0.15, 0.2) is 0 Å². The van der Waals surface area contributed by atoms with Crippen LogP contribution in [-0.2, 0) is 22.4 Å². The van der Waals surface area contributed by atoms with Crippen LogP contribution in [0.2, 0.25) is 0 Å². The first-order valence-corrected chi connectivity index (χ1v) is 10.5. The molecule has 2 aliphatic heterocycles. The quantitative estimate of drug-likeness (QED) is 0.779. The third-order valence-corrected chi connectivity index (χ3v) is 6.25. The van der Waals surface area contributed by atoms with Crippen molar-refractivity contribution in [3.05, 3.63) is 71.5 Å². The molecule has 0 spiro atoms. The second kappa shape index (κ2) is 8.76. The average molecular weight is 394 g/mol. The van der Waals surface area contributed by atoms with Crippen molar-refractivity contribution in [2.45, 2.75) is 38.1 Å². The zero-order chi connectivity index (χ0) is 20.2. The minimum absolute atomic E-state index is 0.0859. The highest BCUT2D eigenvalue weighted by atomic mass is 19.1. The number of likely N-dealkylation sites (tertiary alicyclic amines) is 2. The Bertz CT molecular complexity index is 853. The Morgan fingerprint density at radius 3 is 2.52 bits per heavy atom. The topological polar surface area (TPSA) is 40.6 Å². The summed E-state index contributed by atoms with van der Waals surface area (Å²) in [6.07, 6.45) is 3.42. The molecule has 0 aliphatic carbocycles. The van der Waals surface area contributed by atoms with Crippen molar-refractivity contribution in [1.29, 1.82) is 0 Å². The molecule has 4 rings (SSSR count). The summed E-state index contributed by atoms with van der Waals surface area (Å²) in [4.78, 5) is 29.3. The molecule has 0 aromatic heterocycles. The summed E-state index contributed by atoms with van der Waals surface area (Å²) >= 11 is 0. The number of carbonyl (C=O) groups excluding carboxylic acids is 2. The second-order valence-corrected chi connectivity index (χ2v) is 8.12. The van der Waals surface area contributed by atoms with Gasteiger partial charge in [-0.3, -0.25) is 9.59 Å². The van der Waals surface area contributed by atoms with Gasteiger partial charge in [-0.25, -0.2) is 4.39 Å². The average Bonchev–Trinajstić information content (AvgIpc) is 2.75. The van der Waals surface area contributed by atoms with Gasteiger partial charge in [0.05, 0.1) is 6.42 Å². The number of carbonyl (C=O) groups is 2. The van der Waals surface area contributed by atoms with E-state index >= 15 is 0 Å². The summed E-state index contributed by atoms with van der Waals surface area (Å²) in [5.74, 6) is 0.384. The van der Waals surface area contributed by atoms with Crippen LogP contribution in [0.15, 0.2) is 54.6 Å². The van der Waals surface area contributed by atoms with E-state index < -0.39 is 0 Å². The first-order valence-electron chi connectivity index (χ1n) is 10.5. The summed E-state index contributed by atoms with van der Waals surface area (Å²) in [6, 6.07) is 16.6. The Morgan fingerprint density at radius 1 is 1.00 bits per heavy atom. The number of hydrogen-bond acceptors (Lipinski definition) is 2. The van der Waals surface area contributed by atoms with Crippen molar-refractivity contribution in [3.8, 4) is 0 Å². The van der Waals surface area contributed by atoms with Gasteiger partial charge in [0.1, 0.15) is 5.82 Å². The number of benzene rings is 2. The zero-order valence-corrected chi connectivity index (χ0v) is 16.6. The fraction of sp³-hybridized carbons (Fsp3) is 0.417. The number of amides is 2. The highest BCUT2D eigenvalue weighted by Crippen LogP contribution is 2.31. The van der Waals surface area contributed by atoms with Gasteiger partial charge in [0.25, 0.3) is 0 Å². The maximum absolute atomic E-state index is 13.1. The van der Waals surface area contributed by atoms with E-state index in [1.54, 1.807) is 12.1 Å². The largest absolute Gasteiger partial charge is 0.342 e. The van der Waals surface area contributed by atoms with Crippen molar-refractivity contribution in [2.75, 3.05) is 19.6 Å². The molecule has 2 aliphatic rings. The lowest BCUT2D eigenvalue weighted by Gasteiger charge is -2.47. The van der Waals surface area contributed by atoms with Crippen molar-refractivity contribution >= 4 is 11.8 Å². The molecule has 2 saturated heterocycles. The molecule has 0 N–H and O–H groups in total. The molecular weight excluding hydrogens is 367 g/mol. The Labute approximate surface area is 171 Å². The van der Waals surface area contributed by atoms with Crippen LogP contribution in [0.3, 0.4) is 0 Å². The Kier molecular flexibility index (Phi) is 5.93. The monoisotopic (exact) mass is 394 g/mol. The molecule has 5 heteroatoms. The van der Waals surface area contributed by atoms with Crippen LogP contribution in [0.4, 0.5) is 4.39 Å². The van der Waals surface area contributed by atoms with E-state index in [4.69, 9.17) is 0 Å². The van der Waals surface area contributed by atoms with Gasteiger partial charge in [-0.1, -0.05) is 42.5 Å². The molecule has 152 valence electrons. The summed E-state index contributed by atoms with van der Waals surface area (Å²) in [5.41, 5.74) is 2.08. The lowest BCUT2D eigenvalue weighted by molar-refractivity contribution is -0.143. The molecule has 0 unspecified atom stereocenters. The maximum atomic E-state index is 13.1. The van der Waals surface area contributed by atoms with E-state index in [2.05, 4.69) is 17.0 Å². The lowest BCUT2D eigenvalue weighted by Crippen LogP contribution is -2.57. The molecule has 2 atom stereocenters. The minimum Gasteiger partial charge on any atom is -0.342 e. The minimum atomic E-state index is -0.288. The van der Waals surface area contributed by atoms with Crippen LogP contribution < -0.4 is 0 Å². The second-order valence-electron chi connectivity index (χ2n) is 8.12. The first-order chi connectivity index (χ1) is 14.1. The molecule has 0 radical (unpaired) electrons. The van der Waals surface area contributed by atoms with Crippen LogP contribution in [0.5, 0.6) is 0 Å². The van der Waals surface area contributed by atoms with Crippen LogP contribution in [0.25, 0.3) is 0 Å². The third-order valence-electron chi connectivity index (χ3n) is 6.25. The Balaban J connectivity index is 1.36. The third kappa shape index (κ3) is 4.66. The maximum Gasteiger partial charge on any atom is 0.227 e. The molecule has 2 aromatic carbocycles. The standard InChI is InChI=1S/C24H27FN2O2/c25-21-9-6-19(7-10-21)16-24(29)26-14-13-22-20(17-26)8-11-23(28)27(22)15-12-18-4-2-1-3-5-18/h1-7,9-10,20,22H,8,11-17H2/t20-,22+/m1/s1. The van der Waals surface area contributed by atoms with Crippen molar-refractivity contribution in [1.82, 2.24) is 9.80 Å². The number of piperidine rings is 2. The van der Waals surface area contributed by atoms with Crippen molar-refractivity contribution in [3.63, 3.8) is 0 Å². The first kappa shape index (κ1) is 19.6. The number of halogens is 1. The van der Waals surface area contributed by atoms with Gasteiger partial charge >= 0.3 is 0 Å². The smallest absolute Gasteiger partial charge is 0.227 e. The van der Waals surface area contributed by atoms with E-state index in [0.29, 0.717) is 31.8 Å². The summed E-state index contributed by atoms with van der Waals surface area (Å²) < 4.78 is 13.1. The van der Waals surface area contributed by atoms with Crippen LogP contribution in [0, 0.1) is 11.7 Å². The number of rotatable bonds is 5. The SMILES string of the molecule is O=C(Cc1ccc(F)cc1)N1CC[C@H]2[C@H](CCC(=O)N2CCc2ccccc2)C1. The lowest BCUT2D eigenvalue weighted by atomic mass is 9.83. The molecule has 2 heterocycles. The van der Waals surface area contributed by atoms with E-state index in [-0.39, 0.29) is 23.7 Å². The molecule has 0 saturated carbocycles. The number of fused-ring (bicyclic) bond motifs is 1. The van der Waals surface area contributed by atoms with Gasteiger partial charge in [0, 0.05) is 32.1 Å². The van der Waals surface area contributed by atoms with Crippen molar-refractivity contribution in [2.24, 2.45) is 5.92 Å². The van der Waals surface area contributed by atoms with Gasteiger partial charge in [-0.15, -0.1) is 0 Å². The van der Waals surface area contributed by atoms with E-state index in [9.17, 15) is 14.0 Å². The summed E-state index contributed by atoms with van der Waals surface area (Å²) in [7, 11) is 0. The zero-order valence-electron chi connectivity index (χ0n) is 16.6. The normalized spacial score (nSPS) is 21.8. The predicted molar refractivity (Wildman–Crippen MR) is 110 cm³/mol. The molecule has 2 fully saturated rings. The molecule has 0 bridgehead atoms. The number of hydrogen-bond donors (Lipinski definition) is 0. The fourth-order valence-electron chi connectivity index (χ4n) is 4.65. The summed E-state index contributed by atoms with van der Waals surface area (Å²) in [5, 5.41) is 0. The van der Waals surface area contributed by atoms with Crippen LogP contribution >= 0.6 is 0 Å². The Hall–Kier alpha value is -2.69. The van der Waals surface area contributed by atoms with Gasteiger partial charge in [-0.2, -0.15) is 0 Å². The molecule has 2 aromatic rings. The van der Waals surface area contributed by atoms with E-state index in [0.717, 1.165) is 31.4 Å². The molecular formula is C24H27FN2O2. The Morgan fingerprint density at radius 2 is 1.76 bits per heavy atom. The summed E-state index contributed by atoms with van der Waals surface area (Å²) in [6.45, 7) is 2.13. The predicted octanol–water partition coefficient (Wildman–Crippen LogP) is 3.45. The van der Waals surface area contributed by atoms with Gasteiger partial charge < -0.3 is 9.80 Å². The van der Waals surface area contributed by atoms with Crippen LogP contribution in [-0.4, -0.2) is 47.3 Å². The van der Waals surface area contributed by atoms with Crippen LogP contribution in [0.1, 0.15) is 30.4 Å². The van der Waals surface area contributed by atoms with E-state index in [1.807, 2.05) is 23.1 Å². The molecule has 2 amide bonds. The highest BCUT2D eigenvalue weighted by molar-refractivity contribution is 5.80. The van der Waals surface area contributed by atoms with Crippen molar-refractivity contribution < 1.29 is 14.0 Å². The van der Waals surface area contributed by atoms with Gasteiger partial charge in [-0.05, 0) is 48.4 Å². The molecule has 29 heavy (non-hydrogen) atoms. The number of nitrogens with zero attached hydrogens (tertiary/aromatic N) is 2. The molecule has 4 nitrogen and oxygen atoms in total. The highest BCUT2D eigenvalue weighted by Gasteiger charge is 2.39.